The number of hydrogen-bond donors (Lipinski definition) is 2. The molecule has 2 aliphatic rings. The molecule has 1 fully saturated rings. The van der Waals surface area contributed by atoms with E-state index in [1.54, 1.807) is 30.3 Å². The zero-order valence-electron chi connectivity index (χ0n) is 15.7. The summed E-state index contributed by atoms with van der Waals surface area (Å²) >= 11 is 0. The van der Waals surface area contributed by atoms with Gasteiger partial charge in [0.25, 0.3) is 10.0 Å². The molecule has 1 amide bonds. The van der Waals surface area contributed by atoms with Gasteiger partial charge in [0.1, 0.15) is 13.2 Å². The number of ether oxygens (including phenoxy) is 3. The second-order valence-corrected chi connectivity index (χ2v) is 8.55. The van der Waals surface area contributed by atoms with Gasteiger partial charge in [-0.05, 0) is 49.2 Å². The molecular weight excluding hydrogens is 396 g/mol. The maximum absolute atomic E-state index is 12.7. The molecule has 0 radical (unpaired) electrons. The molecule has 0 bridgehead atoms. The predicted molar refractivity (Wildman–Crippen MR) is 107 cm³/mol. The van der Waals surface area contributed by atoms with Gasteiger partial charge in [0.15, 0.2) is 11.5 Å². The van der Waals surface area contributed by atoms with Gasteiger partial charge in [0.05, 0.1) is 4.90 Å². The molecule has 1 saturated heterocycles. The topological polar surface area (TPSA) is 103 Å². The summed E-state index contributed by atoms with van der Waals surface area (Å²) in [7, 11) is -3.79. The van der Waals surface area contributed by atoms with E-state index < -0.39 is 10.0 Å². The van der Waals surface area contributed by atoms with E-state index in [1.165, 1.54) is 12.1 Å². The maximum atomic E-state index is 12.7. The van der Waals surface area contributed by atoms with Crippen molar-refractivity contribution in [2.45, 2.75) is 17.7 Å². The van der Waals surface area contributed by atoms with Crippen LogP contribution in [0.15, 0.2) is 47.4 Å². The molecule has 2 aliphatic heterocycles. The van der Waals surface area contributed by atoms with Crippen LogP contribution in [0.4, 0.5) is 11.4 Å². The van der Waals surface area contributed by atoms with E-state index in [-0.39, 0.29) is 16.7 Å². The Kier molecular flexibility index (Phi) is 5.59. The van der Waals surface area contributed by atoms with Crippen molar-refractivity contribution in [2.75, 3.05) is 36.5 Å². The van der Waals surface area contributed by atoms with Crippen molar-refractivity contribution in [3.8, 4) is 11.5 Å². The summed E-state index contributed by atoms with van der Waals surface area (Å²) < 4.78 is 44.0. The van der Waals surface area contributed by atoms with Gasteiger partial charge in [-0.15, -0.1) is 0 Å². The number of hydrogen-bond acceptors (Lipinski definition) is 6. The van der Waals surface area contributed by atoms with Crippen LogP contribution in [0.2, 0.25) is 0 Å². The third-order valence-corrected chi connectivity index (χ3v) is 6.20. The number of amides is 1. The highest BCUT2D eigenvalue weighted by molar-refractivity contribution is 7.92. The van der Waals surface area contributed by atoms with Gasteiger partial charge in [-0.25, -0.2) is 8.42 Å². The van der Waals surface area contributed by atoms with Crippen molar-refractivity contribution in [3.05, 3.63) is 42.5 Å². The highest BCUT2D eigenvalue weighted by atomic mass is 32.2. The van der Waals surface area contributed by atoms with Crippen LogP contribution in [-0.4, -0.2) is 40.8 Å². The summed E-state index contributed by atoms with van der Waals surface area (Å²) in [5.41, 5.74) is 1.01. The first kappa shape index (κ1) is 19.5. The van der Waals surface area contributed by atoms with Crippen molar-refractivity contribution >= 4 is 27.3 Å². The van der Waals surface area contributed by atoms with Gasteiger partial charge < -0.3 is 19.5 Å². The number of carbonyl (C=O) groups is 1. The summed E-state index contributed by atoms with van der Waals surface area (Å²) in [5, 5.41) is 2.87. The van der Waals surface area contributed by atoms with Crippen LogP contribution in [0.5, 0.6) is 11.5 Å². The Balaban J connectivity index is 1.42. The largest absolute Gasteiger partial charge is 0.486 e. The van der Waals surface area contributed by atoms with E-state index in [4.69, 9.17) is 14.2 Å². The number of nitrogens with one attached hydrogen (secondary N) is 2. The van der Waals surface area contributed by atoms with E-state index in [0.717, 1.165) is 0 Å². The SMILES string of the molecule is O=C(Nc1ccc(NS(=O)(=O)c2ccc3c(c2)OCCO3)cc1)C1CCOCC1. The Hall–Kier alpha value is -2.78. The Labute approximate surface area is 169 Å². The Morgan fingerprint density at radius 1 is 0.862 bits per heavy atom. The van der Waals surface area contributed by atoms with E-state index in [1.807, 2.05) is 0 Å². The number of rotatable bonds is 5. The van der Waals surface area contributed by atoms with Gasteiger partial charge >= 0.3 is 0 Å². The van der Waals surface area contributed by atoms with Crippen LogP contribution < -0.4 is 19.5 Å². The highest BCUT2D eigenvalue weighted by Gasteiger charge is 2.22. The van der Waals surface area contributed by atoms with Crippen molar-refractivity contribution in [1.29, 1.82) is 0 Å². The van der Waals surface area contributed by atoms with Crippen molar-refractivity contribution in [1.82, 2.24) is 0 Å². The third-order valence-electron chi connectivity index (χ3n) is 4.82. The van der Waals surface area contributed by atoms with Crippen LogP contribution >= 0.6 is 0 Å². The van der Waals surface area contributed by atoms with Crippen molar-refractivity contribution < 1.29 is 27.4 Å². The molecule has 2 N–H and O–H groups in total. The van der Waals surface area contributed by atoms with E-state index in [2.05, 4.69) is 10.0 Å². The van der Waals surface area contributed by atoms with E-state index in [9.17, 15) is 13.2 Å². The molecule has 2 aromatic rings. The van der Waals surface area contributed by atoms with Crippen molar-refractivity contribution in [2.24, 2.45) is 5.92 Å². The van der Waals surface area contributed by atoms with Crippen LogP contribution in [-0.2, 0) is 19.6 Å². The van der Waals surface area contributed by atoms with Gasteiger partial charge in [0, 0.05) is 36.6 Å². The smallest absolute Gasteiger partial charge is 0.262 e. The first-order chi connectivity index (χ1) is 14.0. The quantitative estimate of drug-likeness (QED) is 0.774. The highest BCUT2D eigenvalue weighted by Crippen LogP contribution is 2.32. The summed E-state index contributed by atoms with van der Waals surface area (Å²) in [5.74, 6) is 0.833. The number of carbonyl (C=O) groups excluding carboxylic acids is 1. The fraction of sp³-hybridized carbons (Fsp3) is 0.350. The lowest BCUT2D eigenvalue weighted by Crippen LogP contribution is -2.28. The second kappa shape index (κ2) is 8.30. The zero-order chi connectivity index (χ0) is 20.3. The number of sulfonamides is 1. The molecule has 29 heavy (non-hydrogen) atoms. The van der Waals surface area contributed by atoms with Gasteiger partial charge in [-0.2, -0.15) is 0 Å². The molecule has 0 aliphatic carbocycles. The third kappa shape index (κ3) is 4.63. The minimum Gasteiger partial charge on any atom is -0.486 e. The zero-order valence-corrected chi connectivity index (χ0v) is 16.5. The maximum Gasteiger partial charge on any atom is 0.262 e. The second-order valence-electron chi connectivity index (χ2n) is 6.86. The molecule has 2 heterocycles. The first-order valence-corrected chi connectivity index (χ1v) is 10.9. The molecule has 0 unspecified atom stereocenters. The number of anilines is 2. The monoisotopic (exact) mass is 418 g/mol. The Bertz CT molecular complexity index is 985. The molecule has 0 aromatic heterocycles. The average Bonchev–Trinajstić information content (AvgIpc) is 2.75. The number of fused-ring (bicyclic) bond motifs is 1. The molecule has 154 valence electrons. The lowest BCUT2D eigenvalue weighted by atomic mass is 9.99. The van der Waals surface area contributed by atoms with Crippen LogP contribution in [0, 0.1) is 5.92 Å². The molecule has 0 spiro atoms. The molecule has 2 aromatic carbocycles. The summed E-state index contributed by atoms with van der Waals surface area (Å²) in [4.78, 5) is 12.4. The molecular formula is C20H22N2O6S. The van der Waals surface area contributed by atoms with E-state index >= 15 is 0 Å². The lowest BCUT2D eigenvalue weighted by Gasteiger charge is -2.21. The molecule has 4 rings (SSSR count). The van der Waals surface area contributed by atoms with Crippen LogP contribution in [0.3, 0.4) is 0 Å². The Morgan fingerprint density at radius 2 is 1.52 bits per heavy atom. The minimum absolute atomic E-state index is 0.0436. The summed E-state index contributed by atoms with van der Waals surface area (Å²) in [6.07, 6.45) is 1.42. The standard InChI is InChI=1S/C20H22N2O6S/c23-20(14-7-9-26-10-8-14)21-15-1-3-16(4-2-15)22-29(24,25)17-5-6-18-19(13-17)28-12-11-27-18/h1-6,13-14,22H,7-12H2,(H,21,23). The fourth-order valence-electron chi connectivity index (χ4n) is 3.23. The summed E-state index contributed by atoms with van der Waals surface area (Å²) in [6, 6.07) is 11.0. The van der Waals surface area contributed by atoms with Crippen LogP contribution in [0.25, 0.3) is 0 Å². The lowest BCUT2D eigenvalue weighted by molar-refractivity contribution is -0.122. The normalized spacial score (nSPS) is 16.8. The molecule has 8 nitrogen and oxygen atoms in total. The average molecular weight is 418 g/mol. The van der Waals surface area contributed by atoms with E-state index in [0.29, 0.717) is 62.1 Å². The van der Waals surface area contributed by atoms with Gasteiger partial charge in [-0.1, -0.05) is 0 Å². The summed E-state index contributed by atoms with van der Waals surface area (Å²) in [6.45, 7) is 2.01. The first-order valence-electron chi connectivity index (χ1n) is 9.42. The van der Waals surface area contributed by atoms with Gasteiger partial charge in [0.2, 0.25) is 5.91 Å². The molecule has 0 atom stereocenters. The number of benzene rings is 2. The fourth-order valence-corrected chi connectivity index (χ4v) is 4.30. The Morgan fingerprint density at radius 3 is 2.24 bits per heavy atom. The van der Waals surface area contributed by atoms with Crippen molar-refractivity contribution in [3.63, 3.8) is 0 Å². The minimum atomic E-state index is -3.79. The molecule has 9 heteroatoms. The molecule has 0 saturated carbocycles. The van der Waals surface area contributed by atoms with Gasteiger partial charge in [-0.3, -0.25) is 9.52 Å². The predicted octanol–water partition coefficient (Wildman–Crippen LogP) is 2.62. The van der Waals surface area contributed by atoms with Crippen LogP contribution in [0.1, 0.15) is 12.8 Å².